The first kappa shape index (κ1) is 28.0. The average Bonchev–Trinajstić information content (AvgIpc) is 3.18. The Kier molecular flexibility index (Phi) is 8.34. The van der Waals surface area contributed by atoms with Gasteiger partial charge in [0.15, 0.2) is 0 Å². The summed E-state index contributed by atoms with van der Waals surface area (Å²) in [7, 11) is 0. The highest BCUT2D eigenvalue weighted by atomic mass is 19.1. The van der Waals surface area contributed by atoms with Crippen LogP contribution in [0.15, 0.2) is 12.1 Å². The predicted octanol–water partition coefficient (Wildman–Crippen LogP) is 2.00. The van der Waals surface area contributed by atoms with Crippen molar-refractivity contribution in [2.75, 3.05) is 57.3 Å². The lowest BCUT2D eigenvalue weighted by Gasteiger charge is -2.39. The van der Waals surface area contributed by atoms with E-state index in [0.717, 1.165) is 56.3 Å². The fourth-order valence-corrected chi connectivity index (χ4v) is 5.95. The number of piperidine rings is 2. The summed E-state index contributed by atoms with van der Waals surface area (Å²) in [5.41, 5.74) is 0.281. The third-order valence-corrected chi connectivity index (χ3v) is 8.33. The molecule has 40 heavy (non-hydrogen) atoms. The molecule has 216 valence electrons. The first-order chi connectivity index (χ1) is 19.3. The van der Waals surface area contributed by atoms with Crippen LogP contribution >= 0.6 is 0 Å². The summed E-state index contributed by atoms with van der Waals surface area (Å²) in [4.78, 5) is 68.9. The molecular weight excluding hydrogens is 521 g/mol. The number of piperazine rings is 1. The Morgan fingerprint density at radius 2 is 1.65 bits per heavy atom. The van der Waals surface area contributed by atoms with E-state index in [1.54, 1.807) is 4.90 Å². The molecule has 0 bridgehead atoms. The molecular formula is C28H36FN5O6. The van der Waals surface area contributed by atoms with Crippen molar-refractivity contribution in [2.45, 2.75) is 51.5 Å². The zero-order chi connectivity index (χ0) is 28.4. The molecule has 4 aliphatic rings. The first-order valence-corrected chi connectivity index (χ1v) is 14.2. The quantitative estimate of drug-likeness (QED) is 0.400. The van der Waals surface area contributed by atoms with Gasteiger partial charge in [-0.1, -0.05) is 13.3 Å². The molecule has 5 rings (SSSR count). The molecule has 3 fully saturated rings. The first-order valence-electron chi connectivity index (χ1n) is 14.2. The Hall–Kier alpha value is -3.54. The SMILES string of the molecule is CCCCOC(=O)N1CCC(CN2CCN(c3cc4c(cc3F)C(=O)N(C3CCC(=O)NC3=O)C4=O)CC2)CC1. The molecule has 1 N–H and O–H groups in total. The highest BCUT2D eigenvalue weighted by molar-refractivity contribution is 6.23. The lowest BCUT2D eigenvalue weighted by atomic mass is 9.96. The number of carbonyl (C=O) groups excluding carboxylic acids is 5. The number of amides is 5. The second-order valence-electron chi connectivity index (χ2n) is 11.0. The van der Waals surface area contributed by atoms with Crippen molar-refractivity contribution < 1.29 is 33.1 Å². The van der Waals surface area contributed by atoms with Gasteiger partial charge in [0.05, 0.1) is 23.4 Å². The number of unbranched alkanes of at least 4 members (excludes halogenated alkanes) is 1. The van der Waals surface area contributed by atoms with E-state index in [1.165, 1.54) is 6.07 Å². The second kappa shape index (κ2) is 11.9. The Bertz CT molecular complexity index is 1190. The van der Waals surface area contributed by atoms with Gasteiger partial charge < -0.3 is 14.5 Å². The number of ether oxygens (including phenoxy) is 1. The number of fused-ring (bicyclic) bond motifs is 1. The Morgan fingerprint density at radius 3 is 2.30 bits per heavy atom. The maximum atomic E-state index is 15.2. The fourth-order valence-electron chi connectivity index (χ4n) is 5.95. The molecule has 11 nitrogen and oxygen atoms in total. The molecule has 3 saturated heterocycles. The minimum atomic E-state index is -1.08. The number of nitrogens with zero attached hydrogens (tertiary/aromatic N) is 4. The minimum absolute atomic E-state index is 0.0262. The number of hydrogen-bond donors (Lipinski definition) is 1. The van der Waals surface area contributed by atoms with Gasteiger partial charge in [-0.2, -0.15) is 0 Å². The molecule has 1 aromatic rings. The molecule has 5 amide bonds. The third kappa shape index (κ3) is 5.67. The smallest absolute Gasteiger partial charge is 0.409 e. The number of rotatable bonds is 7. The van der Waals surface area contributed by atoms with E-state index < -0.39 is 35.5 Å². The Morgan fingerprint density at radius 1 is 0.975 bits per heavy atom. The molecule has 1 unspecified atom stereocenters. The van der Waals surface area contributed by atoms with E-state index in [0.29, 0.717) is 38.7 Å². The van der Waals surface area contributed by atoms with Crippen LogP contribution in [0.4, 0.5) is 14.9 Å². The van der Waals surface area contributed by atoms with Gasteiger partial charge in [-0.05, 0) is 43.7 Å². The van der Waals surface area contributed by atoms with Crippen molar-refractivity contribution in [3.05, 3.63) is 29.1 Å². The van der Waals surface area contributed by atoms with Crippen LogP contribution in [0.5, 0.6) is 0 Å². The normalized spacial score (nSPS) is 22.6. The van der Waals surface area contributed by atoms with Gasteiger partial charge in [0.1, 0.15) is 11.9 Å². The van der Waals surface area contributed by atoms with Crippen molar-refractivity contribution in [3.8, 4) is 0 Å². The van der Waals surface area contributed by atoms with Crippen molar-refractivity contribution in [1.29, 1.82) is 0 Å². The number of halogens is 1. The van der Waals surface area contributed by atoms with Crippen molar-refractivity contribution in [1.82, 2.24) is 20.0 Å². The van der Waals surface area contributed by atoms with Gasteiger partial charge >= 0.3 is 6.09 Å². The zero-order valence-electron chi connectivity index (χ0n) is 22.8. The van der Waals surface area contributed by atoms with Crippen LogP contribution in [-0.2, 0) is 14.3 Å². The number of nitrogens with one attached hydrogen (secondary N) is 1. The highest BCUT2D eigenvalue weighted by Gasteiger charge is 2.45. The van der Waals surface area contributed by atoms with Crippen LogP contribution in [0.1, 0.15) is 66.2 Å². The fraction of sp³-hybridized carbons (Fsp3) is 0.607. The third-order valence-electron chi connectivity index (χ3n) is 8.33. The van der Waals surface area contributed by atoms with Gasteiger partial charge in [0.2, 0.25) is 11.8 Å². The zero-order valence-corrected chi connectivity index (χ0v) is 22.8. The van der Waals surface area contributed by atoms with Crippen LogP contribution in [0.3, 0.4) is 0 Å². The second-order valence-corrected chi connectivity index (χ2v) is 11.0. The summed E-state index contributed by atoms with van der Waals surface area (Å²) in [5, 5.41) is 2.16. The van der Waals surface area contributed by atoms with E-state index >= 15 is 4.39 Å². The van der Waals surface area contributed by atoms with Crippen molar-refractivity contribution in [2.24, 2.45) is 5.92 Å². The van der Waals surface area contributed by atoms with Crippen LogP contribution in [0.2, 0.25) is 0 Å². The van der Waals surface area contributed by atoms with Crippen molar-refractivity contribution >= 4 is 35.4 Å². The minimum Gasteiger partial charge on any atom is -0.449 e. The summed E-state index contributed by atoms with van der Waals surface area (Å²) in [6.07, 6.45) is 3.55. The lowest BCUT2D eigenvalue weighted by molar-refractivity contribution is -0.136. The molecule has 12 heteroatoms. The van der Waals surface area contributed by atoms with E-state index in [1.807, 2.05) is 4.90 Å². The number of anilines is 1. The molecule has 0 spiro atoms. The summed E-state index contributed by atoms with van der Waals surface area (Å²) < 4.78 is 20.5. The monoisotopic (exact) mass is 557 g/mol. The molecule has 4 aliphatic heterocycles. The Labute approximate surface area is 232 Å². The largest absolute Gasteiger partial charge is 0.449 e. The number of likely N-dealkylation sites (tertiary alicyclic amines) is 1. The van der Waals surface area contributed by atoms with E-state index in [4.69, 9.17) is 4.74 Å². The predicted molar refractivity (Wildman–Crippen MR) is 142 cm³/mol. The number of imide groups is 2. The van der Waals surface area contributed by atoms with Crippen LogP contribution in [-0.4, -0.2) is 103 Å². The molecule has 0 radical (unpaired) electrons. The van der Waals surface area contributed by atoms with Gasteiger partial charge in [-0.25, -0.2) is 9.18 Å². The van der Waals surface area contributed by atoms with E-state index in [9.17, 15) is 24.0 Å². The topological polar surface area (TPSA) is 120 Å². The maximum Gasteiger partial charge on any atom is 0.409 e. The van der Waals surface area contributed by atoms with Crippen LogP contribution in [0.25, 0.3) is 0 Å². The average molecular weight is 558 g/mol. The number of carbonyl (C=O) groups is 5. The van der Waals surface area contributed by atoms with Gasteiger partial charge in [-0.3, -0.25) is 34.3 Å². The van der Waals surface area contributed by atoms with Gasteiger partial charge in [0.25, 0.3) is 11.8 Å². The summed E-state index contributed by atoms with van der Waals surface area (Å²) in [6.45, 7) is 7.41. The summed E-state index contributed by atoms with van der Waals surface area (Å²) in [5.74, 6) is -2.61. The molecule has 0 aromatic heterocycles. The Balaban J connectivity index is 1.15. The highest BCUT2D eigenvalue weighted by Crippen LogP contribution is 2.33. The maximum absolute atomic E-state index is 15.2. The van der Waals surface area contributed by atoms with E-state index in [-0.39, 0.29) is 35.7 Å². The molecule has 4 heterocycles. The van der Waals surface area contributed by atoms with Gasteiger partial charge in [0, 0.05) is 52.2 Å². The van der Waals surface area contributed by atoms with Crippen LogP contribution in [0, 0.1) is 11.7 Å². The molecule has 0 aliphatic carbocycles. The molecule has 1 atom stereocenters. The number of benzene rings is 1. The van der Waals surface area contributed by atoms with Gasteiger partial charge in [-0.15, -0.1) is 0 Å². The summed E-state index contributed by atoms with van der Waals surface area (Å²) in [6, 6.07) is 1.42. The van der Waals surface area contributed by atoms with Crippen molar-refractivity contribution in [3.63, 3.8) is 0 Å². The lowest BCUT2D eigenvalue weighted by Crippen LogP contribution is -2.54. The van der Waals surface area contributed by atoms with E-state index in [2.05, 4.69) is 17.1 Å². The molecule has 1 aromatic carbocycles. The van der Waals surface area contributed by atoms with Crippen LogP contribution < -0.4 is 10.2 Å². The molecule has 0 saturated carbocycles. The standard InChI is InChI=1S/C28H36FN5O6/c1-2-3-14-40-28(39)33-8-6-18(7-9-33)17-31-10-12-32(13-11-31)23-16-20-19(15-21(23)29)26(37)34(27(20)38)22-4-5-24(35)30-25(22)36/h15-16,18,22H,2-14,17H2,1H3,(H,30,35,36). The summed E-state index contributed by atoms with van der Waals surface area (Å²) >= 11 is 0. The number of hydrogen-bond acceptors (Lipinski definition) is 8.